The fourth-order valence-corrected chi connectivity index (χ4v) is 5.31. The van der Waals surface area contributed by atoms with Gasteiger partial charge in [0.1, 0.15) is 5.75 Å². The second-order valence-corrected chi connectivity index (χ2v) is 10.3. The van der Waals surface area contributed by atoms with Gasteiger partial charge in [-0.3, -0.25) is 14.4 Å². The molecular formula is C27H31N3O4S. The van der Waals surface area contributed by atoms with Gasteiger partial charge >= 0.3 is 0 Å². The molecule has 0 unspecified atom stereocenters. The number of ether oxygens (including phenoxy) is 1. The summed E-state index contributed by atoms with van der Waals surface area (Å²) in [5.74, 6) is 0.173. The molecule has 0 aliphatic carbocycles. The summed E-state index contributed by atoms with van der Waals surface area (Å²) in [6, 6.07) is 20.8. The van der Waals surface area contributed by atoms with Gasteiger partial charge in [0.15, 0.2) is 0 Å². The van der Waals surface area contributed by atoms with E-state index in [0.29, 0.717) is 23.5 Å². The molecule has 3 aromatic carbocycles. The monoisotopic (exact) mass is 493 g/mol. The van der Waals surface area contributed by atoms with Crippen molar-refractivity contribution >= 4 is 21.6 Å². The molecule has 1 aliphatic rings. The van der Waals surface area contributed by atoms with Crippen molar-refractivity contribution in [3.8, 4) is 5.75 Å². The Morgan fingerprint density at radius 3 is 2.26 bits per heavy atom. The van der Waals surface area contributed by atoms with Crippen molar-refractivity contribution in [1.29, 1.82) is 0 Å². The molecule has 0 saturated carbocycles. The summed E-state index contributed by atoms with van der Waals surface area (Å²) in [4.78, 5) is 15.3. The number of carbonyl (C=O) groups excluding carboxylic acids is 1. The van der Waals surface area contributed by atoms with E-state index in [1.54, 1.807) is 24.3 Å². The maximum atomic E-state index is 12.8. The molecule has 35 heavy (non-hydrogen) atoms. The summed E-state index contributed by atoms with van der Waals surface area (Å²) in [6.45, 7) is 3.53. The van der Waals surface area contributed by atoms with Crippen LogP contribution in [0.4, 0.5) is 5.69 Å². The lowest BCUT2D eigenvalue weighted by molar-refractivity contribution is 0.0950. The van der Waals surface area contributed by atoms with Crippen LogP contribution in [0, 0.1) is 0 Å². The highest BCUT2D eigenvalue weighted by Crippen LogP contribution is 2.26. The van der Waals surface area contributed by atoms with Crippen LogP contribution in [0.15, 0.2) is 77.7 Å². The third-order valence-electron chi connectivity index (χ3n) is 6.18. The van der Waals surface area contributed by atoms with E-state index in [2.05, 4.69) is 21.0 Å². The number of sulfonamides is 1. The molecule has 0 atom stereocenters. The molecule has 1 heterocycles. The van der Waals surface area contributed by atoms with Crippen molar-refractivity contribution in [2.45, 2.75) is 37.2 Å². The quantitative estimate of drug-likeness (QED) is 0.461. The van der Waals surface area contributed by atoms with Gasteiger partial charge in [0.25, 0.3) is 15.9 Å². The minimum absolute atomic E-state index is 0.0619. The molecule has 2 N–H and O–H groups in total. The molecule has 3 aromatic rings. The predicted molar refractivity (Wildman–Crippen MR) is 137 cm³/mol. The van der Waals surface area contributed by atoms with Gasteiger partial charge in [0, 0.05) is 18.7 Å². The topological polar surface area (TPSA) is 87.7 Å². The minimum atomic E-state index is -3.83. The Labute approximate surface area is 207 Å². The first-order valence-electron chi connectivity index (χ1n) is 11.8. The average Bonchev–Trinajstić information content (AvgIpc) is 2.89. The molecule has 8 heteroatoms. The number of hydrogen-bond acceptors (Lipinski definition) is 5. The van der Waals surface area contributed by atoms with Crippen LogP contribution in [0.2, 0.25) is 0 Å². The number of piperidine rings is 1. The maximum Gasteiger partial charge on any atom is 0.262 e. The number of para-hydroxylation sites is 2. The van der Waals surface area contributed by atoms with Crippen LogP contribution in [0.25, 0.3) is 0 Å². The minimum Gasteiger partial charge on any atom is -0.495 e. The van der Waals surface area contributed by atoms with Crippen molar-refractivity contribution in [1.82, 2.24) is 10.2 Å². The SMILES string of the molecule is COc1ccccc1NS(=O)(=O)c1ccc(C(=O)NCc2ccccc2CN2CCCCC2)cc1. The average molecular weight is 494 g/mol. The van der Waals surface area contributed by atoms with Gasteiger partial charge in [0.2, 0.25) is 0 Å². The lowest BCUT2D eigenvalue weighted by atomic mass is 10.0. The highest BCUT2D eigenvalue weighted by molar-refractivity contribution is 7.92. The zero-order valence-corrected chi connectivity index (χ0v) is 20.7. The van der Waals surface area contributed by atoms with Crippen molar-refractivity contribution in [3.05, 3.63) is 89.5 Å². The van der Waals surface area contributed by atoms with Crippen molar-refractivity contribution < 1.29 is 17.9 Å². The Hall–Kier alpha value is -3.36. The molecule has 4 rings (SSSR count). The van der Waals surface area contributed by atoms with Crippen molar-refractivity contribution in [2.24, 2.45) is 0 Å². The van der Waals surface area contributed by atoms with E-state index in [1.807, 2.05) is 18.2 Å². The molecule has 0 bridgehead atoms. The number of amides is 1. The van der Waals surface area contributed by atoms with Crippen molar-refractivity contribution in [3.63, 3.8) is 0 Å². The second-order valence-electron chi connectivity index (χ2n) is 8.62. The van der Waals surface area contributed by atoms with Gasteiger partial charge in [-0.2, -0.15) is 0 Å². The Morgan fingerprint density at radius 2 is 1.54 bits per heavy atom. The van der Waals surface area contributed by atoms with Crippen LogP contribution in [0.5, 0.6) is 5.75 Å². The first-order chi connectivity index (χ1) is 17.0. The van der Waals surface area contributed by atoms with E-state index in [4.69, 9.17) is 4.74 Å². The summed E-state index contributed by atoms with van der Waals surface area (Å²) >= 11 is 0. The number of likely N-dealkylation sites (tertiary alicyclic amines) is 1. The van der Waals surface area contributed by atoms with Gasteiger partial charge in [0.05, 0.1) is 17.7 Å². The molecule has 0 spiro atoms. The van der Waals surface area contributed by atoms with E-state index in [1.165, 1.54) is 56.2 Å². The Bertz CT molecular complexity index is 1250. The highest BCUT2D eigenvalue weighted by Gasteiger charge is 2.18. The Kier molecular flexibility index (Phi) is 8.05. The van der Waals surface area contributed by atoms with Gasteiger partial charge < -0.3 is 10.1 Å². The second kappa shape index (κ2) is 11.4. The zero-order valence-electron chi connectivity index (χ0n) is 19.9. The summed E-state index contributed by atoms with van der Waals surface area (Å²) in [7, 11) is -2.35. The number of nitrogens with zero attached hydrogens (tertiary/aromatic N) is 1. The Morgan fingerprint density at radius 1 is 0.886 bits per heavy atom. The Balaban J connectivity index is 1.39. The molecule has 1 saturated heterocycles. The van der Waals surface area contributed by atoms with Gasteiger partial charge in [-0.15, -0.1) is 0 Å². The fourth-order valence-electron chi connectivity index (χ4n) is 4.24. The van der Waals surface area contributed by atoms with E-state index in [0.717, 1.165) is 25.2 Å². The highest BCUT2D eigenvalue weighted by atomic mass is 32.2. The normalized spacial score (nSPS) is 14.3. The number of hydrogen-bond donors (Lipinski definition) is 2. The van der Waals surface area contributed by atoms with Crippen LogP contribution < -0.4 is 14.8 Å². The molecule has 7 nitrogen and oxygen atoms in total. The van der Waals surface area contributed by atoms with E-state index in [9.17, 15) is 13.2 Å². The molecule has 0 aromatic heterocycles. The van der Waals surface area contributed by atoms with Crippen LogP contribution in [-0.4, -0.2) is 39.4 Å². The molecule has 184 valence electrons. The number of anilines is 1. The summed E-state index contributed by atoms with van der Waals surface area (Å²) < 4.78 is 33.3. The molecule has 1 fully saturated rings. The van der Waals surface area contributed by atoms with Gasteiger partial charge in [-0.25, -0.2) is 8.42 Å². The molecule has 1 aliphatic heterocycles. The van der Waals surface area contributed by atoms with Crippen LogP contribution >= 0.6 is 0 Å². The summed E-state index contributed by atoms with van der Waals surface area (Å²) in [5.41, 5.74) is 3.06. The van der Waals surface area contributed by atoms with Crippen LogP contribution in [-0.2, 0) is 23.1 Å². The molecule has 0 radical (unpaired) electrons. The standard InChI is InChI=1S/C27H31N3O4S/c1-34-26-12-6-5-11-25(26)29-35(32,33)24-15-13-21(14-16-24)27(31)28-19-22-9-3-4-10-23(22)20-30-17-7-2-8-18-30/h3-6,9-16,29H,2,7-8,17-20H2,1H3,(H,28,31). The third-order valence-corrected chi connectivity index (χ3v) is 7.56. The number of carbonyl (C=O) groups is 1. The van der Waals surface area contributed by atoms with Crippen LogP contribution in [0.1, 0.15) is 40.7 Å². The van der Waals surface area contributed by atoms with E-state index < -0.39 is 10.0 Å². The van der Waals surface area contributed by atoms with Crippen molar-refractivity contribution in [2.75, 3.05) is 24.9 Å². The fraction of sp³-hybridized carbons (Fsp3) is 0.296. The predicted octanol–water partition coefficient (Wildman–Crippen LogP) is 4.41. The van der Waals surface area contributed by atoms with E-state index in [-0.39, 0.29) is 10.8 Å². The number of methoxy groups -OCH3 is 1. The van der Waals surface area contributed by atoms with Gasteiger partial charge in [-0.1, -0.05) is 42.8 Å². The van der Waals surface area contributed by atoms with E-state index >= 15 is 0 Å². The molecule has 1 amide bonds. The largest absolute Gasteiger partial charge is 0.495 e. The zero-order chi connectivity index (χ0) is 24.7. The third kappa shape index (κ3) is 6.41. The van der Waals surface area contributed by atoms with Crippen LogP contribution in [0.3, 0.4) is 0 Å². The lowest BCUT2D eigenvalue weighted by Gasteiger charge is -2.27. The molecular weight excluding hydrogens is 462 g/mol. The first kappa shape index (κ1) is 24.8. The number of rotatable bonds is 9. The smallest absolute Gasteiger partial charge is 0.262 e. The van der Waals surface area contributed by atoms with Gasteiger partial charge in [-0.05, 0) is 73.5 Å². The summed E-state index contributed by atoms with van der Waals surface area (Å²) in [6.07, 6.45) is 3.77. The lowest BCUT2D eigenvalue weighted by Crippen LogP contribution is -2.30. The summed E-state index contributed by atoms with van der Waals surface area (Å²) in [5, 5.41) is 2.97. The first-order valence-corrected chi connectivity index (χ1v) is 13.3. The number of nitrogens with one attached hydrogen (secondary N) is 2. The number of benzene rings is 3. The maximum absolute atomic E-state index is 12.8.